The second-order valence-corrected chi connectivity index (χ2v) is 4.96. The van der Waals surface area contributed by atoms with E-state index in [2.05, 4.69) is 9.97 Å². The molecule has 27 heavy (non-hydrogen) atoms. The zero-order valence-corrected chi connectivity index (χ0v) is 14.6. The summed E-state index contributed by atoms with van der Waals surface area (Å²) in [5.41, 5.74) is 1.12. The summed E-state index contributed by atoms with van der Waals surface area (Å²) in [6.45, 7) is 2.07. The van der Waals surface area contributed by atoms with Crippen LogP contribution in [-0.2, 0) is 25.5 Å². The third-order valence-electron chi connectivity index (χ3n) is 2.88. The molecular formula is C18H20N2O7. The lowest BCUT2D eigenvalue weighted by Crippen LogP contribution is -2.14. The van der Waals surface area contributed by atoms with E-state index in [4.69, 9.17) is 19.7 Å². The molecule has 1 heterocycles. The first-order chi connectivity index (χ1) is 12.9. The van der Waals surface area contributed by atoms with Crippen molar-refractivity contribution in [2.75, 3.05) is 13.2 Å². The number of aromatic nitrogens is 2. The molecule has 9 nitrogen and oxygen atoms in total. The molecule has 0 saturated heterocycles. The molecule has 0 aliphatic heterocycles. The van der Waals surface area contributed by atoms with Crippen LogP contribution in [0, 0.1) is 0 Å². The van der Waals surface area contributed by atoms with Gasteiger partial charge in [-0.3, -0.25) is 0 Å². The number of carboxylic acid groups (broad SMARTS) is 2. The van der Waals surface area contributed by atoms with Crippen LogP contribution < -0.4 is 4.74 Å². The Morgan fingerprint density at radius 1 is 1.11 bits per heavy atom. The highest BCUT2D eigenvalue weighted by Gasteiger charge is 2.03. The Bertz CT molecular complexity index is 737. The lowest BCUT2D eigenvalue weighted by atomic mass is 10.1. The van der Waals surface area contributed by atoms with E-state index in [0.29, 0.717) is 24.5 Å². The normalized spacial score (nSPS) is 9.96. The third-order valence-corrected chi connectivity index (χ3v) is 2.88. The van der Waals surface area contributed by atoms with Gasteiger partial charge in [-0.05, 0) is 24.6 Å². The minimum Gasteiger partial charge on any atom is -0.482 e. The fourth-order valence-corrected chi connectivity index (χ4v) is 1.78. The molecule has 2 aromatic rings. The van der Waals surface area contributed by atoms with Crippen LogP contribution in [0.1, 0.15) is 18.3 Å². The first-order valence-corrected chi connectivity index (χ1v) is 7.90. The van der Waals surface area contributed by atoms with E-state index in [1.165, 1.54) is 0 Å². The van der Waals surface area contributed by atoms with Gasteiger partial charge < -0.3 is 24.7 Å². The van der Waals surface area contributed by atoms with E-state index in [9.17, 15) is 14.4 Å². The molecule has 2 rings (SSSR count). The second kappa shape index (κ2) is 11.9. The molecule has 0 saturated carbocycles. The number of nitrogens with zero attached hydrogens (tertiary/aromatic N) is 1. The summed E-state index contributed by atoms with van der Waals surface area (Å²) in [5, 5.41) is 15.6. The van der Waals surface area contributed by atoms with Crippen LogP contribution in [0.3, 0.4) is 0 Å². The summed E-state index contributed by atoms with van der Waals surface area (Å²) in [6, 6.07) is 7.56. The maximum absolute atomic E-state index is 11.1. The molecule has 3 N–H and O–H groups in total. The molecule has 0 aliphatic rings. The molecule has 1 aromatic carbocycles. The lowest BCUT2D eigenvalue weighted by Gasteiger charge is -2.06. The molecule has 1 aromatic heterocycles. The van der Waals surface area contributed by atoms with Gasteiger partial charge in [-0.2, -0.15) is 0 Å². The summed E-state index contributed by atoms with van der Waals surface area (Å²) in [5.74, 6) is -1.31. The van der Waals surface area contributed by atoms with Gasteiger partial charge in [0.2, 0.25) is 0 Å². The highest BCUT2D eigenvalue weighted by Crippen LogP contribution is 2.14. The van der Waals surface area contributed by atoms with Crippen LogP contribution in [-0.4, -0.2) is 51.3 Å². The van der Waals surface area contributed by atoms with Crippen molar-refractivity contribution in [1.29, 1.82) is 0 Å². The van der Waals surface area contributed by atoms with Crippen molar-refractivity contribution >= 4 is 17.9 Å². The lowest BCUT2D eigenvalue weighted by molar-refractivity contribution is -0.145. The van der Waals surface area contributed by atoms with Gasteiger partial charge in [0.05, 0.1) is 6.61 Å². The van der Waals surface area contributed by atoms with Gasteiger partial charge in [0.15, 0.2) is 6.61 Å². The SMILES string of the molecule is CCOC(=O)COc1ccc(Cc2ncc[nH]2)cc1.O=C(O)C=CC(=O)O. The Hall–Kier alpha value is -3.62. The fourth-order valence-electron chi connectivity index (χ4n) is 1.78. The van der Waals surface area contributed by atoms with E-state index in [0.717, 1.165) is 17.8 Å². The predicted octanol–water partition coefficient (Wildman–Crippen LogP) is 1.65. The number of esters is 1. The molecule has 9 heteroatoms. The van der Waals surface area contributed by atoms with E-state index >= 15 is 0 Å². The number of benzene rings is 1. The zero-order valence-electron chi connectivity index (χ0n) is 14.6. The average Bonchev–Trinajstić information content (AvgIpc) is 3.13. The zero-order chi connectivity index (χ0) is 20.1. The number of hydrogen-bond acceptors (Lipinski definition) is 6. The van der Waals surface area contributed by atoms with Gasteiger partial charge in [-0.15, -0.1) is 0 Å². The van der Waals surface area contributed by atoms with E-state index in [1.54, 1.807) is 19.3 Å². The quantitative estimate of drug-likeness (QED) is 0.467. The Balaban J connectivity index is 0.000000387. The summed E-state index contributed by atoms with van der Waals surface area (Å²) in [6.07, 6.45) is 5.38. The number of rotatable bonds is 8. The van der Waals surface area contributed by atoms with Crippen molar-refractivity contribution < 1.29 is 34.1 Å². The smallest absolute Gasteiger partial charge is 0.344 e. The number of imidazole rings is 1. The number of carbonyl (C=O) groups is 3. The molecular weight excluding hydrogens is 356 g/mol. The summed E-state index contributed by atoms with van der Waals surface area (Å²) in [7, 11) is 0. The van der Waals surface area contributed by atoms with Gasteiger partial charge in [-0.25, -0.2) is 19.4 Å². The number of H-pyrrole nitrogens is 1. The molecule has 0 fully saturated rings. The van der Waals surface area contributed by atoms with Crippen molar-refractivity contribution in [3.63, 3.8) is 0 Å². The number of carbonyl (C=O) groups excluding carboxylic acids is 1. The second-order valence-electron chi connectivity index (χ2n) is 4.96. The minimum absolute atomic E-state index is 0.0641. The molecule has 0 unspecified atom stereocenters. The molecule has 0 atom stereocenters. The Morgan fingerprint density at radius 2 is 1.74 bits per heavy atom. The largest absolute Gasteiger partial charge is 0.482 e. The van der Waals surface area contributed by atoms with Crippen LogP contribution in [0.5, 0.6) is 5.75 Å². The third kappa shape index (κ3) is 10.1. The minimum atomic E-state index is -1.26. The molecule has 0 aliphatic carbocycles. The highest BCUT2D eigenvalue weighted by atomic mass is 16.6. The first-order valence-electron chi connectivity index (χ1n) is 7.90. The highest BCUT2D eigenvalue weighted by molar-refractivity contribution is 5.89. The Kier molecular flexibility index (Phi) is 9.40. The van der Waals surface area contributed by atoms with E-state index < -0.39 is 11.9 Å². The van der Waals surface area contributed by atoms with Crippen LogP contribution in [0.2, 0.25) is 0 Å². The predicted molar refractivity (Wildman–Crippen MR) is 94.4 cm³/mol. The van der Waals surface area contributed by atoms with Gasteiger partial charge in [-0.1, -0.05) is 12.1 Å². The van der Waals surface area contributed by atoms with Crippen molar-refractivity contribution in [2.24, 2.45) is 0 Å². The van der Waals surface area contributed by atoms with Crippen molar-refractivity contribution in [3.8, 4) is 5.75 Å². The van der Waals surface area contributed by atoms with Crippen LogP contribution in [0.25, 0.3) is 0 Å². The van der Waals surface area contributed by atoms with E-state index in [-0.39, 0.29) is 12.6 Å². The maximum atomic E-state index is 11.1. The van der Waals surface area contributed by atoms with Gasteiger partial charge in [0.25, 0.3) is 0 Å². The monoisotopic (exact) mass is 376 g/mol. The van der Waals surface area contributed by atoms with Gasteiger partial charge in [0.1, 0.15) is 11.6 Å². The number of aromatic amines is 1. The average molecular weight is 376 g/mol. The van der Waals surface area contributed by atoms with Gasteiger partial charge in [0, 0.05) is 31.0 Å². The first kappa shape index (κ1) is 21.4. The number of hydrogen-bond donors (Lipinski definition) is 3. The van der Waals surface area contributed by atoms with Crippen LogP contribution in [0.15, 0.2) is 48.8 Å². The van der Waals surface area contributed by atoms with Gasteiger partial charge >= 0.3 is 17.9 Å². The number of aliphatic carboxylic acids is 2. The number of carboxylic acids is 2. The summed E-state index contributed by atoms with van der Waals surface area (Å²) >= 11 is 0. The number of ether oxygens (including phenoxy) is 2. The molecule has 144 valence electrons. The topological polar surface area (TPSA) is 139 Å². The van der Waals surface area contributed by atoms with Crippen molar-refractivity contribution in [2.45, 2.75) is 13.3 Å². The van der Waals surface area contributed by atoms with Crippen LogP contribution in [0.4, 0.5) is 0 Å². The Labute approximate surface area is 155 Å². The maximum Gasteiger partial charge on any atom is 0.344 e. The number of nitrogens with one attached hydrogen (secondary N) is 1. The van der Waals surface area contributed by atoms with Crippen molar-refractivity contribution in [3.05, 3.63) is 60.2 Å². The molecule has 0 bridgehead atoms. The van der Waals surface area contributed by atoms with Crippen LogP contribution >= 0.6 is 0 Å². The summed E-state index contributed by atoms with van der Waals surface area (Å²) < 4.78 is 10.1. The molecule has 0 spiro atoms. The Morgan fingerprint density at radius 3 is 2.22 bits per heavy atom. The standard InChI is InChI=1S/C14H16N2O3.C4H4O4/c1-2-18-14(17)10-19-12-5-3-11(4-6-12)9-13-15-7-8-16-13;5-3(6)1-2-4(7)8/h3-8H,2,9-10H2,1H3,(H,15,16);1-2H,(H,5,6)(H,7,8). The van der Waals surface area contributed by atoms with E-state index in [1.807, 2.05) is 24.3 Å². The summed E-state index contributed by atoms with van der Waals surface area (Å²) in [4.78, 5) is 37.5. The molecule has 0 amide bonds. The van der Waals surface area contributed by atoms with Crippen molar-refractivity contribution in [1.82, 2.24) is 9.97 Å². The molecule has 0 radical (unpaired) electrons. The fraction of sp³-hybridized carbons (Fsp3) is 0.222.